The molecule has 0 aliphatic heterocycles. The van der Waals surface area contributed by atoms with E-state index >= 15 is 0 Å². The van der Waals surface area contributed by atoms with Gasteiger partial charge in [-0.1, -0.05) is 38.4 Å². The maximum absolute atomic E-state index is 14.1. The van der Waals surface area contributed by atoms with E-state index in [1.807, 2.05) is 0 Å². The number of halogens is 2. The average Bonchev–Trinajstić information content (AvgIpc) is 2.43. The molecule has 0 amide bonds. The van der Waals surface area contributed by atoms with Gasteiger partial charge in [0.15, 0.2) is 0 Å². The molecule has 118 valence electrons. The number of hydrogen-bond donors (Lipinski definition) is 1. The summed E-state index contributed by atoms with van der Waals surface area (Å²) >= 11 is 6.19. The Morgan fingerprint density at radius 1 is 1.29 bits per heavy atom. The Kier molecular flexibility index (Phi) is 4.99. The van der Waals surface area contributed by atoms with E-state index in [4.69, 9.17) is 17.3 Å². The lowest BCUT2D eigenvalue weighted by Gasteiger charge is -2.44. The maximum Gasteiger partial charge on any atom is 0.127 e. The zero-order valence-corrected chi connectivity index (χ0v) is 14.1. The minimum atomic E-state index is -0.201. The largest absolute Gasteiger partial charge is 0.330 e. The zero-order chi connectivity index (χ0) is 15.7. The van der Waals surface area contributed by atoms with Crippen LogP contribution in [0.15, 0.2) is 18.2 Å². The van der Waals surface area contributed by atoms with Crippen molar-refractivity contribution in [1.82, 2.24) is 0 Å². The van der Waals surface area contributed by atoms with Crippen LogP contribution >= 0.6 is 11.6 Å². The fraction of sp³-hybridized carbons (Fsp3) is 0.667. The molecular formula is C18H27ClFN. The van der Waals surface area contributed by atoms with Crippen molar-refractivity contribution in [3.05, 3.63) is 34.6 Å². The third kappa shape index (κ3) is 3.78. The van der Waals surface area contributed by atoms with Crippen molar-refractivity contribution in [2.75, 3.05) is 6.54 Å². The van der Waals surface area contributed by atoms with E-state index in [0.29, 0.717) is 29.0 Å². The highest BCUT2D eigenvalue weighted by atomic mass is 35.5. The quantitative estimate of drug-likeness (QED) is 0.815. The van der Waals surface area contributed by atoms with E-state index < -0.39 is 0 Å². The Morgan fingerprint density at radius 2 is 1.90 bits per heavy atom. The summed E-state index contributed by atoms with van der Waals surface area (Å²) in [4.78, 5) is 0. The van der Waals surface area contributed by atoms with Crippen LogP contribution in [0.5, 0.6) is 0 Å². The molecule has 2 N–H and O–H groups in total. The molecule has 1 aliphatic rings. The Hall–Kier alpha value is -0.600. The van der Waals surface area contributed by atoms with Crippen LogP contribution in [0.4, 0.5) is 4.39 Å². The molecule has 0 aromatic heterocycles. The summed E-state index contributed by atoms with van der Waals surface area (Å²) in [6, 6.07) is 4.92. The summed E-state index contributed by atoms with van der Waals surface area (Å²) in [6.07, 6.45) is 5.14. The summed E-state index contributed by atoms with van der Waals surface area (Å²) < 4.78 is 14.1. The highest BCUT2D eigenvalue weighted by molar-refractivity contribution is 6.31. The van der Waals surface area contributed by atoms with Crippen molar-refractivity contribution in [2.45, 2.75) is 52.9 Å². The van der Waals surface area contributed by atoms with Crippen LogP contribution in [-0.4, -0.2) is 6.54 Å². The van der Waals surface area contributed by atoms with Gasteiger partial charge in [0.05, 0.1) is 0 Å². The first-order valence-corrected chi connectivity index (χ1v) is 8.28. The Bertz CT molecular complexity index is 464. The molecule has 1 fully saturated rings. The molecule has 0 heterocycles. The van der Waals surface area contributed by atoms with Gasteiger partial charge in [0.1, 0.15) is 5.82 Å². The standard InChI is InChI=1S/C18H27ClFN/c1-17(2,3)13-7-9-18(12-21,10-8-13)11-14-15(19)5-4-6-16(14)20/h4-6,13H,7-12,21H2,1-3H3. The lowest BCUT2D eigenvalue weighted by molar-refractivity contribution is 0.0920. The summed E-state index contributed by atoms with van der Waals surface area (Å²) in [7, 11) is 0. The van der Waals surface area contributed by atoms with Gasteiger partial charge < -0.3 is 5.73 Å². The second-order valence-corrected chi connectivity index (χ2v) is 8.13. The zero-order valence-electron chi connectivity index (χ0n) is 13.4. The first-order chi connectivity index (χ1) is 9.77. The third-order valence-corrected chi connectivity index (χ3v) is 5.67. The van der Waals surface area contributed by atoms with Crippen LogP contribution in [0.1, 0.15) is 52.0 Å². The van der Waals surface area contributed by atoms with Crippen molar-refractivity contribution >= 4 is 11.6 Å². The van der Waals surface area contributed by atoms with Crippen molar-refractivity contribution < 1.29 is 4.39 Å². The minimum absolute atomic E-state index is 0.00752. The second kappa shape index (κ2) is 6.26. The van der Waals surface area contributed by atoms with Crippen LogP contribution in [0.2, 0.25) is 5.02 Å². The van der Waals surface area contributed by atoms with E-state index in [-0.39, 0.29) is 11.2 Å². The van der Waals surface area contributed by atoms with Gasteiger partial charge in [-0.05, 0) is 67.5 Å². The van der Waals surface area contributed by atoms with Gasteiger partial charge in [0.25, 0.3) is 0 Å². The molecule has 1 aromatic rings. The van der Waals surface area contributed by atoms with Crippen molar-refractivity contribution in [3.8, 4) is 0 Å². The smallest absolute Gasteiger partial charge is 0.127 e. The Morgan fingerprint density at radius 3 is 2.38 bits per heavy atom. The predicted octanol–water partition coefficient (Wildman–Crippen LogP) is 5.20. The van der Waals surface area contributed by atoms with Crippen molar-refractivity contribution in [2.24, 2.45) is 22.5 Å². The molecule has 0 spiro atoms. The summed E-state index contributed by atoms with van der Waals surface area (Å²) in [5.41, 5.74) is 7.06. The summed E-state index contributed by atoms with van der Waals surface area (Å²) in [6.45, 7) is 7.52. The van der Waals surface area contributed by atoms with Gasteiger partial charge in [-0.2, -0.15) is 0 Å². The van der Waals surface area contributed by atoms with E-state index in [1.54, 1.807) is 12.1 Å². The van der Waals surface area contributed by atoms with Crippen LogP contribution in [0.25, 0.3) is 0 Å². The Balaban J connectivity index is 2.14. The number of nitrogens with two attached hydrogens (primary N) is 1. The molecular weight excluding hydrogens is 285 g/mol. The lowest BCUT2D eigenvalue weighted by atomic mass is 9.62. The van der Waals surface area contributed by atoms with E-state index in [9.17, 15) is 4.39 Å². The molecule has 0 saturated heterocycles. The minimum Gasteiger partial charge on any atom is -0.330 e. The number of rotatable bonds is 3. The fourth-order valence-electron chi connectivity index (χ4n) is 3.63. The molecule has 21 heavy (non-hydrogen) atoms. The number of hydrogen-bond acceptors (Lipinski definition) is 1. The van der Waals surface area contributed by atoms with Crippen molar-refractivity contribution in [3.63, 3.8) is 0 Å². The monoisotopic (exact) mass is 311 g/mol. The van der Waals surface area contributed by atoms with E-state index in [1.165, 1.54) is 18.9 Å². The SMILES string of the molecule is CC(C)(C)C1CCC(CN)(Cc2c(F)cccc2Cl)CC1. The summed E-state index contributed by atoms with van der Waals surface area (Å²) in [5.74, 6) is 0.529. The molecule has 2 rings (SSSR count). The van der Waals surface area contributed by atoms with Crippen molar-refractivity contribution in [1.29, 1.82) is 0 Å². The van der Waals surface area contributed by atoms with Gasteiger partial charge in [-0.15, -0.1) is 0 Å². The molecule has 1 aromatic carbocycles. The first kappa shape index (κ1) is 16.8. The molecule has 0 unspecified atom stereocenters. The highest BCUT2D eigenvalue weighted by Crippen LogP contribution is 2.47. The second-order valence-electron chi connectivity index (χ2n) is 7.72. The average molecular weight is 312 g/mol. The van der Waals surface area contributed by atoms with Gasteiger partial charge in [0.2, 0.25) is 0 Å². The lowest BCUT2D eigenvalue weighted by Crippen LogP contribution is -2.39. The molecule has 1 aliphatic carbocycles. The highest BCUT2D eigenvalue weighted by Gasteiger charge is 2.38. The topological polar surface area (TPSA) is 26.0 Å². The van der Waals surface area contributed by atoms with Gasteiger partial charge in [-0.3, -0.25) is 0 Å². The van der Waals surface area contributed by atoms with Crippen LogP contribution < -0.4 is 5.73 Å². The van der Waals surface area contributed by atoms with Crippen LogP contribution in [0.3, 0.4) is 0 Å². The van der Waals surface area contributed by atoms with E-state index in [0.717, 1.165) is 18.8 Å². The Labute approximate surface area is 133 Å². The van der Waals surface area contributed by atoms with Crippen LogP contribution in [0, 0.1) is 22.6 Å². The van der Waals surface area contributed by atoms with E-state index in [2.05, 4.69) is 20.8 Å². The molecule has 0 bridgehead atoms. The molecule has 3 heteroatoms. The molecule has 0 atom stereocenters. The predicted molar refractivity (Wildman–Crippen MR) is 88.0 cm³/mol. The third-order valence-electron chi connectivity index (χ3n) is 5.32. The van der Waals surface area contributed by atoms with Crippen LogP contribution in [-0.2, 0) is 6.42 Å². The van der Waals surface area contributed by atoms with Gasteiger partial charge in [0, 0.05) is 10.6 Å². The molecule has 0 radical (unpaired) electrons. The number of benzene rings is 1. The summed E-state index contributed by atoms with van der Waals surface area (Å²) in [5, 5.41) is 0.528. The maximum atomic E-state index is 14.1. The normalized spacial score (nSPS) is 26.9. The fourth-order valence-corrected chi connectivity index (χ4v) is 3.86. The van der Waals surface area contributed by atoms with Gasteiger partial charge >= 0.3 is 0 Å². The molecule has 1 saturated carbocycles. The first-order valence-electron chi connectivity index (χ1n) is 7.90. The van der Waals surface area contributed by atoms with Gasteiger partial charge in [-0.25, -0.2) is 4.39 Å². The molecule has 1 nitrogen and oxygen atoms in total.